The molecule has 0 aromatic heterocycles. The lowest BCUT2D eigenvalue weighted by molar-refractivity contribution is 0.128. The molecule has 2 unspecified atom stereocenters. The van der Waals surface area contributed by atoms with Crippen molar-refractivity contribution < 1.29 is 4.43 Å². The van der Waals surface area contributed by atoms with Gasteiger partial charge in [0.1, 0.15) is 0 Å². The predicted molar refractivity (Wildman–Crippen MR) is 68.8 cm³/mol. The normalized spacial score (nSPS) is 29.2. The monoisotopic (exact) mass is 229 g/mol. The summed E-state index contributed by atoms with van der Waals surface area (Å²) < 4.78 is 6.41. The Bertz CT molecular complexity index is 210. The molecule has 0 aromatic rings. The zero-order valence-corrected chi connectivity index (χ0v) is 12.2. The molecule has 0 radical (unpaired) electrons. The van der Waals surface area contributed by atoms with Crippen LogP contribution in [-0.2, 0) is 4.43 Å². The highest BCUT2D eigenvalue weighted by atomic mass is 28.4. The van der Waals surface area contributed by atoms with Gasteiger partial charge in [0.2, 0.25) is 0 Å². The van der Waals surface area contributed by atoms with Crippen molar-refractivity contribution in [1.82, 2.24) is 5.32 Å². The molecule has 15 heavy (non-hydrogen) atoms. The quantitative estimate of drug-likeness (QED) is 0.735. The fraction of sp³-hybridized carbons (Fsp3) is 1.00. The fourth-order valence-corrected chi connectivity index (χ4v) is 3.19. The van der Waals surface area contributed by atoms with Crippen molar-refractivity contribution >= 4 is 8.32 Å². The van der Waals surface area contributed by atoms with Gasteiger partial charge in [-0.05, 0) is 44.4 Å². The number of hydrogen-bond acceptors (Lipinski definition) is 2. The molecule has 90 valence electrons. The van der Waals surface area contributed by atoms with Crippen LogP contribution in [0.4, 0.5) is 0 Å². The number of hydrogen-bond donors (Lipinski definition) is 1. The second-order valence-corrected chi connectivity index (χ2v) is 11.1. The van der Waals surface area contributed by atoms with Crippen LogP contribution < -0.4 is 5.32 Å². The third-order valence-electron chi connectivity index (χ3n) is 3.84. The van der Waals surface area contributed by atoms with Gasteiger partial charge in [0.05, 0.1) is 0 Å². The SMILES string of the molecule is CC1CC(O[Si](C)(C)C(C)(C)C)CCN1. The Morgan fingerprint density at radius 1 is 1.27 bits per heavy atom. The molecule has 0 bridgehead atoms. The summed E-state index contributed by atoms with van der Waals surface area (Å²) in [6.07, 6.45) is 2.84. The smallest absolute Gasteiger partial charge is 0.192 e. The highest BCUT2D eigenvalue weighted by Gasteiger charge is 2.39. The molecule has 1 rings (SSSR count). The first-order valence-corrected chi connectivity index (χ1v) is 9.04. The molecule has 0 amide bonds. The first-order chi connectivity index (χ1) is 6.72. The molecule has 2 nitrogen and oxygen atoms in total. The van der Waals surface area contributed by atoms with Crippen LogP contribution in [0, 0.1) is 0 Å². The lowest BCUT2D eigenvalue weighted by Crippen LogP contribution is -2.48. The van der Waals surface area contributed by atoms with E-state index in [1.54, 1.807) is 0 Å². The summed E-state index contributed by atoms with van der Waals surface area (Å²) in [7, 11) is -1.55. The standard InChI is InChI=1S/C12H27NOSi/c1-10-9-11(7-8-13-10)14-15(5,6)12(2,3)4/h10-11,13H,7-9H2,1-6H3. The summed E-state index contributed by atoms with van der Waals surface area (Å²) in [5, 5.41) is 3.81. The van der Waals surface area contributed by atoms with Crippen LogP contribution in [0.2, 0.25) is 18.1 Å². The third kappa shape index (κ3) is 3.57. The molecule has 1 fully saturated rings. The third-order valence-corrected chi connectivity index (χ3v) is 8.38. The minimum Gasteiger partial charge on any atom is -0.414 e. The number of piperidine rings is 1. The van der Waals surface area contributed by atoms with Crippen LogP contribution in [0.1, 0.15) is 40.5 Å². The van der Waals surface area contributed by atoms with Crippen LogP contribution in [0.25, 0.3) is 0 Å². The Morgan fingerprint density at radius 2 is 1.87 bits per heavy atom. The zero-order chi connectivity index (χ0) is 11.7. The van der Waals surface area contributed by atoms with Gasteiger partial charge in [-0.3, -0.25) is 0 Å². The highest BCUT2D eigenvalue weighted by molar-refractivity contribution is 6.74. The fourth-order valence-electron chi connectivity index (χ4n) is 1.79. The van der Waals surface area contributed by atoms with Gasteiger partial charge < -0.3 is 9.74 Å². The Balaban J connectivity index is 2.53. The first-order valence-electron chi connectivity index (χ1n) is 6.13. The van der Waals surface area contributed by atoms with Gasteiger partial charge in [-0.1, -0.05) is 20.8 Å². The summed E-state index contributed by atoms with van der Waals surface area (Å²) in [6.45, 7) is 15.0. The van der Waals surface area contributed by atoms with Gasteiger partial charge in [-0.2, -0.15) is 0 Å². The van der Waals surface area contributed by atoms with E-state index in [2.05, 4.69) is 46.1 Å². The van der Waals surface area contributed by atoms with E-state index in [-0.39, 0.29) is 0 Å². The summed E-state index contributed by atoms with van der Waals surface area (Å²) in [5.41, 5.74) is 0. The molecule has 3 heteroatoms. The molecular formula is C12H27NOSi. The molecule has 1 N–H and O–H groups in total. The maximum absolute atomic E-state index is 6.41. The molecular weight excluding hydrogens is 202 g/mol. The topological polar surface area (TPSA) is 21.3 Å². The average Bonchev–Trinajstić information content (AvgIpc) is 2.00. The summed E-state index contributed by atoms with van der Waals surface area (Å²) in [5.74, 6) is 0. The van der Waals surface area contributed by atoms with E-state index in [4.69, 9.17) is 4.43 Å². The lowest BCUT2D eigenvalue weighted by atomic mass is 10.0. The predicted octanol–water partition coefficient (Wildman–Crippen LogP) is 3.15. The van der Waals surface area contributed by atoms with Crippen molar-refractivity contribution in [2.45, 2.75) is 70.8 Å². The van der Waals surface area contributed by atoms with Crippen LogP contribution in [0.5, 0.6) is 0 Å². The van der Waals surface area contributed by atoms with Crippen LogP contribution in [0.15, 0.2) is 0 Å². The Kier molecular flexibility index (Phi) is 4.01. The van der Waals surface area contributed by atoms with Gasteiger partial charge in [-0.15, -0.1) is 0 Å². The molecule has 2 atom stereocenters. The van der Waals surface area contributed by atoms with E-state index in [1.807, 2.05) is 0 Å². The van der Waals surface area contributed by atoms with Gasteiger partial charge in [-0.25, -0.2) is 0 Å². The van der Waals surface area contributed by atoms with Crippen LogP contribution in [-0.4, -0.2) is 27.0 Å². The van der Waals surface area contributed by atoms with Crippen molar-refractivity contribution in [2.75, 3.05) is 6.54 Å². The minimum absolute atomic E-state index is 0.334. The number of nitrogens with one attached hydrogen (secondary N) is 1. The minimum atomic E-state index is -1.55. The number of rotatable bonds is 2. The van der Waals surface area contributed by atoms with Gasteiger partial charge in [0.25, 0.3) is 0 Å². The van der Waals surface area contributed by atoms with E-state index in [0.717, 1.165) is 6.54 Å². The Morgan fingerprint density at radius 3 is 2.33 bits per heavy atom. The highest BCUT2D eigenvalue weighted by Crippen LogP contribution is 2.38. The van der Waals surface area contributed by atoms with Gasteiger partial charge in [0.15, 0.2) is 8.32 Å². The van der Waals surface area contributed by atoms with E-state index in [1.165, 1.54) is 12.8 Å². The maximum atomic E-state index is 6.41. The van der Waals surface area contributed by atoms with Gasteiger partial charge >= 0.3 is 0 Å². The molecule has 0 saturated carbocycles. The van der Waals surface area contributed by atoms with Crippen LogP contribution >= 0.6 is 0 Å². The molecule has 1 aliphatic heterocycles. The molecule has 0 spiro atoms. The van der Waals surface area contributed by atoms with E-state index >= 15 is 0 Å². The van der Waals surface area contributed by atoms with Crippen molar-refractivity contribution in [1.29, 1.82) is 0 Å². The Labute approximate surface area is 95.9 Å². The molecule has 0 aromatic carbocycles. The Hall–Kier alpha value is 0.137. The second-order valence-electron chi connectivity index (χ2n) is 6.38. The van der Waals surface area contributed by atoms with Crippen molar-refractivity contribution in [3.63, 3.8) is 0 Å². The average molecular weight is 229 g/mol. The first kappa shape index (κ1) is 13.2. The summed E-state index contributed by atoms with van der Waals surface area (Å²) in [6, 6.07) is 0.619. The molecule has 1 saturated heterocycles. The zero-order valence-electron chi connectivity index (χ0n) is 11.2. The van der Waals surface area contributed by atoms with E-state index in [9.17, 15) is 0 Å². The maximum Gasteiger partial charge on any atom is 0.192 e. The van der Waals surface area contributed by atoms with E-state index < -0.39 is 8.32 Å². The molecule has 1 aliphatic rings. The lowest BCUT2D eigenvalue weighted by Gasteiger charge is -2.41. The van der Waals surface area contributed by atoms with Crippen molar-refractivity contribution in [3.8, 4) is 0 Å². The molecule has 0 aliphatic carbocycles. The summed E-state index contributed by atoms with van der Waals surface area (Å²) in [4.78, 5) is 0. The van der Waals surface area contributed by atoms with Crippen molar-refractivity contribution in [2.24, 2.45) is 0 Å². The second kappa shape index (κ2) is 4.56. The van der Waals surface area contributed by atoms with Gasteiger partial charge in [0, 0.05) is 12.1 Å². The largest absolute Gasteiger partial charge is 0.414 e. The van der Waals surface area contributed by atoms with Crippen molar-refractivity contribution in [3.05, 3.63) is 0 Å². The van der Waals surface area contributed by atoms with Crippen LogP contribution in [0.3, 0.4) is 0 Å². The van der Waals surface area contributed by atoms with E-state index in [0.29, 0.717) is 17.2 Å². The molecule has 1 heterocycles. The summed E-state index contributed by atoms with van der Waals surface area (Å²) >= 11 is 0.